The highest BCUT2D eigenvalue weighted by Crippen LogP contribution is 2.28. The second-order valence-corrected chi connectivity index (χ2v) is 14.8. The zero-order valence-electron chi connectivity index (χ0n) is 26.6. The molecule has 4 N–H and O–H groups in total. The lowest BCUT2D eigenvalue weighted by atomic mass is 10.0. The standard InChI is InChI=1S/C32H40N6O7S3/c1-23-11-15-33-26(19-23)27-21-24(12-16-34-27)20-25(39)7-6-9-30(41)38-28(22-48(43,44)45)32(42)37-14-4-2-8-29(40)35-17-18-46-47-31-10-3-5-13-36-31/h3,5,10-13,15-16,19,21,28H,2,4,6-9,14,17-18,20,22H2,1H3,(H,35,40)(H,37,42)(H,38,41)(H,43,44,45). The van der Waals surface area contributed by atoms with E-state index in [0.717, 1.165) is 16.2 Å². The van der Waals surface area contributed by atoms with E-state index in [-0.39, 0.29) is 50.3 Å². The van der Waals surface area contributed by atoms with Gasteiger partial charge in [0.25, 0.3) is 10.1 Å². The zero-order chi connectivity index (χ0) is 34.8. The van der Waals surface area contributed by atoms with Crippen LogP contribution in [0.5, 0.6) is 0 Å². The van der Waals surface area contributed by atoms with Crippen molar-refractivity contribution in [1.29, 1.82) is 0 Å². The molecule has 0 bridgehead atoms. The van der Waals surface area contributed by atoms with E-state index in [9.17, 15) is 32.1 Å². The van der Waals surface area contributed by atoms with E-state index in [1.165, 1.54) is 10.8 Å². The van der Waals surface area contributed by atoms with E-state index in [4.69, 9.17) is 0 Å². The van der Waals surface area contributed by atoms with Gasteiger partial charge >= 0.3 is 0 Å². The van der Waals surface area contributed by atoms with Gasteiger partial charge in [0.2, 0.25) is 17.7 Å². The van der Waals surface area contributed by atoms with Crippen molar-refractivity contribution in [2.75, 3.05) is 24.6 Å². The van der Waals surface area contributed by atoms with Gasteiger partial charge < -0.3 is 16.0 Å². The van der Waals surface area contributed by atoms with Crippen LogP contribution >= 0.6 is 21.6 Å². The maximum atomic E-state index is 12.6. The summed E-state index contributed by atoms with van der Waals surface area (Å²) in [6, 6.07) is 11.5. The van der Waals surface area contributed by atoms with Crippen molar-refractivity contribution < 1.29 is 32.1 Å². The molecule has 3 rings (SSSR count). The van der Waals surface area contributed by atoms with Crippen molar-refractivity contribution in [1.82, 2.24) is 30.9 Å². The van der Waals surface area contributed by atoms with Crippen molar-refractivity contribution in [3.05, 3.63) is 72.2 Å². The normalized spacial score (nSPS) is 11.8. The first-order chi connectivity index (χ1) is 23.0. The van der Waals surface area contributed by atoms with Crippen molar-refractivity contribution in [3.8, 4) is 11.4 Å². The number of hydrogen-bond acceptors (Lipinski definition) is 11. The number of ketones is 1. The summed E-state index contributed by atoms with van der Waals surface area (Å²) >= 11 is 0. The molecular formula is C32H40N6O7S3. The molecule has 3 heterocycles. The molecule has 1 atom stereocenters. The van der Waals surface area contributed by atoms with Crippen LogP contribution in [-0.4, -0.2) is 82.1 Å². The number of carbonyl (C=O) groups excluding carboxylic acids is 4. The highest BCUT2D eigenvalue weighted by Gasteiger charge is 2.26. The largest absolute Gasteiger partial charge is 0.355 e. The Balaban J connectivity index is 1.32. The molecule has 258 valence electrons. The summed E-state index contributed by atoms with van der Waals surface area (Å²) in [4.78, 5) is 62.7. The number of nitrogens with zero attached hydrogens (tertiary/aromatic N) is 3. The lowest BCUT2D eigenvalue weighted by molar-refractivity contribution is -0.128. The number of aromatic nitrogens is 3. The number of carbonyl (C=O) groups is 4. The van der Waals surface area contributed by atoms with Gasteiger partial charge in [0, 0.05) is 63.1 Å². The second kappa shape index (κ2) is 20.5. The highest BCUT2D eigenvalue weighted by atomic mass is 33.1. The molecule has 0 aliphatic carbocycles. The third kappa shape index (κ3) is 15.8. The summed E-state index contributed by atoms with van der Waals surface area (Å²) in [7, 11) is -1.47. The fourth-order valence-electron chi connectivity index (χ4n) is 4.39. The molecule has 0 aromatic carbocycles. The van der Waals surface area contributed by atoms with Gasteiger partial charge in [0.1, 0.15) is 22.6 Å². The van der Waals surface area contributed by atoms with Crippen LogP contribution < -0.4 is 16.0 Å². The van der Waals surface area contributed by atoms with E-state index >= 15 is 0 Å². The predicted molar refractivity (Wildman–Crippen MR) is 186 cm³/mol. The molecular weight excluding hydrogens is 677 g/mol. The quantitative estimate of drug-likeness (QED) is 0.0714. The van der Waals surface area contributed by atoms with Crippen molar-refractivity contribution >= 4 is 55.2 Å². The number of rotatable bonds is 21. The molecule has 0 aliphatic rings. The van der Waals surface area contributed by atoms with Crippen LogP contribution in [0.1, 0.15) is 49.7 Å². The number of amides is 3. The van der Waals surface area contributed by atoms with Crippen molar-refractivity contribution in [2.45, 2.75) is 62.9 Å². The average Bonchev–Trinajstić information content (AvgIpc) is 3.04. The van der Waals surface area contributed by atoms with E-state index < -0.39 is 33.7 Å². The minimum absolute atomic E-state index is 0.0967. The van der Waals surface area contributed by atoms with Crippen molar-refractivity contribution in [2.24, 2.45) is 0 Å². The Kier molecular flexibility index (Phi) is 16.5. The first-order valence-electron chi connectivity index (χ1n) is 15.4. The fourth-order valence-corrected chi connectivity index (χ4v) is 6.83. The number of pyridine rings is 3. The third-order valence-electron chi connectivity index (χ3n) is 6.71. The number of Topliss-reactive ketones (excluding diaryl/α,β-unsaturated/α-hetero) is 1. The number of aryl methyl sites for hydroxylation is 1. The van der Waals surface area contributed by atoms with Crippen molar-refractivity contribution in [3.63, 3.8) is 0 Å². The lowest BCUT2D eigenvalue weighted by Gasteiger charge is -2.17. The summed E-state index contributed by atoms with van der Waals surface area (Å²) < 4.78 is 32.3. The summed E-state index contributed by atoms with van der Waals surface area (Å²) in [5.74, 6) is -1.92. The molecule has 1 unspecified atom stereocenters. The molecule has 0 saturated carbocycles. The zero-order valence-corrected chi connectivity index (χ0v) is 29.0. The first-order valence-corrected chi connectivity index (χ1v) is 19.3. The summed E-state index contributed by atoms with van der Waals surface area (Å²) in [6.45, 7) is 2.60. The van der Waals surface area contributed by atoms with Crippen LogP contribution in [0.2, 0.25) is 0 Å². The number of nitrogens with one attached hydrogen (secondary N) is 3. The van der Waals surface area contributed by atoms with Crippen LogP contribution in [0.15, 0.2) is 66.1 Å². The Hall–Kier alpha value is -3.86. The Morgan fingerprint density at radius 1 is 0.833 bits per heavy atom. The van der Waals surface area contributed by atoms with Gasteiger partial charge in [-0.3, -0.25) is 33.7 Å². The van der Waals surface area contributed by atoms with E-state index in [0.29, 0.717) is 36.5 Å². The molecule has 0 spiro atoms. The van der Waals surface area contributed by atoms with E-state index in [1.54, 1.807) is 41.5 Å². The Morgan fingerprint density at radius 2 is 1.58 bits per heavy atom. The predicted octanol–water partition coefficient (Wildman–Crippen LogP) is 3.34. The minimum atomic E-state index is -4.58. The average molecular weight is 717 g/mol. The first kappa shape index (κ1) is 38.6. The molecule has 0 aliphatic heterocycles. The number of hydrogen-bond donors (Lipinski definition) is 4. The van der Waals surface area contributed by atoms with E-state index in [2.05, 4.69) is 30.9 Å². The summed E-state index contributed by atoms with van der Waals surface area (Å²) in [5.41, 5.74) is 3.14. The molecule has 0 fully saturated rings. The maximum absolute atomic E-state index is 12.6. The van der Waals surface area contributed by atoms with Gasteiger partial charge in [-0.2, -0.15) is 8.42 Å². The van der Waals surface area contributed by atoms with Gasteiger partial charge in [-0.05, 0) is 84.5 Å². The van der Waals surface area contributed by atoms with Gasteiger partial charge in [-0.1, -0.05) is 16.9 Å². The van der Waals surface area contributed by atoms with Gasteiger partial charge in [-0.25, -0.2) is 4.98 Å². The van der Waals surface area contributed by atoms with Crippen LogP contribution in [-0.2, 0) is 35.7 Å². The molecule has 13 nitrogen and oxygen atoms in total. The summed E-state index contributed by atoms with van der Waals surface area (Å²) in [5, 5.41) is 8.61. The molecule has 0 radical (unpaired) electrons. The summed E-state index contributed by atoms with van der Waals surface area (Å²) in [6.07, 6.45) is 6.50. The van der Waals surface area contributed by atoms with Gasteiger partial charge in [-0.15, -0.1) is 0 Å². The lowest BCUT2D eigenvalue weighted by Crippen LogP contribution is -2.50. The number of unbranched alkanes of at least 4 members (excludes halogenated alkanes) is 1. The van der Waals surface area contributed by atoms with Gasteiger partial charge in [0.15, 0.2) is 0 Å². The monoisotopic (exact) mass is 716 g/mol. The molecule has 16 heteroatoms. The minimum Gasteiger partial charge on any atom is -0.355 e. The van der Waals surface area contributed by atoms with Crippen LogP contribution in [0.3, 0.4) is 0 Å². The SMILES string of the molecule is Cc1ccnc(-c2cc(CC(=O)CCCC(=O)NC(CS(=O)(=O)O)C(=O)NCCCCC(=O)NCCSSc3ccccn3)ccn2)c1. The van der Waals surface area contributed by atoms with Crippen LogP contribution in [0, 0.1) is 6.92 Å². The Labute approximate surface area is 288 Å². The fraction of sp³-hybridized carbons (Fsp3) is 0.406. The topological polar surface area (TPSA) is 197 Å². The molecule has 48 heavy (non-hydrogen) atoms. The van der Waals surface area contributed by atoms with Crippen LogP contribution in [0.25, 0.3) is 11.4 Å². The van der Waals surface area contributed by atoms with E-state index in [1.807, 2.05) is 37.3 Å². The second-order valence-electron chi connectivity index (χ2n) is 10.9. The Bertz CT molecular complexity index is 1630. The maximum Gasteiger partial charge on any atom is 0.267 e. The third-order valence-corrected chi connectivity index (χ3v) is 9.73. The Morgan fingerprint density at radius 3 is 2.31 bits per heavy atom. The van der Waals surface area contributed by atoms with Crippen LogP contribution in [0.4, 0.5) is 0 Å². The van der Waals surface area contributed by atoms with Gasteiger partial charge in [0.05, 0.1) is 11.4 Å². The molecule has 3 aromatic heterocycles. The smallest absolute Gasteiger partial charge is 0.267 e. The highest BCUT2D eigenvalue weighted by molar-refractivity contribution is 8.76. The molecule has 3 amide bonds. The molecule has 0 saturated heterocycles. The molecule has 3 aromatic rings.